The highest BCUT2D eigenvalue weighted by Crippen LogP contribution is 2.19. The molecule has 2 rings (SSSR count). The lowest BCUT2D eigenvalue weighted by Gasteiger charge is -2.14. The lowest BCUT2D eigenvalue weighted by atomic mass is 10.2. The summed E-state index contributed by atoms with van der Waals surface area (Å²) < 4.78 is 5.48. The number of ether oxygens (including phenoxy) is 1. The smallest absolute Gasteiger partial charge is 0.260 e. The summed E-state index contributed by atoms with van der Waals surface area (Å²) in [6.45, 7) is 1.72. The molecule has 0 aromatic heterocycles. The van der Waals surface area contributed by atoms with Crippen LogP contribution in [0.5, 0.6) is 5.75 Å². The summed E-state index contributed by atoms with van der Waals surface area (Å²) in [5.41, 5.74) is 0.576. The average Bonchev–Trinajstić information content (AvgIpc) is 3.14. The summed E-state index contributed by atoms with van der Waals surface area (Å²) in [6.07, 6.45) is 1.62. The summed E-state index contributed by atoms with van der Waals surface area (Å²) in [4.78, 5) is 11.6. The van der Waals surface area contributed by atoms with E-state index in [1.807, 2.05) is 6.07 Å². The van der Waals surface area contributed by atoms with Gasteiger partial charge in [0.05, 0.1) is 11.6 Å². The van der Waals surface area contributed by atoms with Crippen molar-refractivity contribution >= 4 is 5.91 Å². The van der Waals surface area contributed by atoms with Gasteiger partial charge in [-0.05, 0) is 44.0 Å². The Morgan fingerprint density at radius 3 is 2.65 bits per heavy atom. The van der Waals surface area contributed by atoms with E-state index in [1.54, 1.807) is 31.2 Å². The molecule has 1 fully saturated rings. The van der Waals surface area contributed by atoms with Gasteiger partial charge in [-0.25, -0.2) is 0 Å². The van der Waals surface area contributed by atoms with E-state index in [2.05, 4.69) is 5.32 Å². The van der Waals surface area contributed by atoms with Crippen LogP contribution in [0.2, 0.25) is 0 Å². The van der Waals surface area contributed by atoms with Crippen LogP contribution in [0.4, 0.5) is 0 Å². The number of carbonyl (C=O) groups is 1. The van der Waals surface area contributed by atoms with E-state index in [0.717, 1.165) is 12.8 Å². The Bertz CT molecular complexity index is 443. The minimum absolute atomic E-state index is 0.0862. The van der Waals surface area contributed by atoms with Crippen molar-refractivity contribution in [2.75, 3.05) is 0 Å². The summed E-state index contributed by atoms with van der Waals surface area (Å²) in [7, 11) is 0. The van der Waals surface area contributed by atoms with Crippen LogP contribution in [0.3, 0.4) is 0 Å². The highest BCUT2D eigenvalue weighted by molar-refractivity contribution is 5.81. The molecule has 4 nitrogen and oxygen atoms in total. The van der Waals surface area contributed by atoms with Crippen molar-refractivity contribution in [2.45, 2.75) is 31.9 Å². The third kappa shape index (κ3) is 3.22. The van der Waals surface area contributed by atoms with Crippen LogP contribution in [0.25, 0.3) is 0 Å². The van der Waals surface area contributed by atoms with Gasteiger partial charge in [0.1, 0.15) is 5.75 Å². The molecule has 0 heterocycles. The van der Waals surface area contributed by atoms with Crippen LogP contribution in [0, 0.1) is 11.3 Å². The number of nitrogens with zero attached hydrogens (tertiary/aromatic N) is 1. The predicted octanol–water partition coefficient (Wildman–Crippen LogP) is 1.60. The molecule has 0 unspecified atom stereocenters. The molecular formula is C13H14N2O2. The first-order valence-electron chi connectivity index (χ1n) is 5.66. The van der Waals surface area contributed by atoms with Crippen LogP contribution < -0.4 is 10.1 Å². The lowest BCUT2D eigenvalue weighted by Crippen LogP contribution is -2.37. The fourth-order valence-corrected chi connectivity index (χ4v) is 1.41. The Labute approximate surface area is 100 Å². The molecular weight excluding hydrogens is 216 g/mol. The number of hydrogen-bond donors (Lipinski definition) is 1. The molecule has 1 aliphatic rings. The number of carbonyl (C=O) groups excluding carboxylic acids is 1. The number of nitrogens with one attached hydrogen (secondary N) is 1. The van der Waals surface area contributed by atoms with Crippen molar-refractivity contribution in [3.05, 3.63) is 29.8 Å². The summed E-state index contributed by atoms with van der Waals surface area (Å²) in [5.74, 6) is 0.513. The summed E-state index contributed by atoms with van der Waals surface area (Å²) in [5, 5.41) is 11.5. The largest absolute Gasteiger partial charge is 0.481 e. The Balaban J connectivity index is 1.90. The Morgan fingerprint density at radius 2 is 2.12 bits per heavy atom. The average molecular weight is 230 g/mol. The van der Waals surface area contributed by atoms with Crippen LogP contribution >= 0.6 is 0 Å². The van der Waals surface area contributed by atoms with Gasteiger partial charge in [0, 0.05) is 6.04 Å². The van der Waals surface area contributed by atoms with Gasteiger partial charge in [-0.3, -0.25) is 4.79 Å². The predicted molar refractivity (Wildman–Crippen MR) is 62.4 cm³/mol. The first kappa shape index (κ1) is 11.5. The van der Waals surface area contributed by atoms with Crippen molar-refractivity contribution in [1.29, 1.82) is 5.26 Å². The second-order valence-corrected chi connectivity index (χ2v) is 4.18. The first-order chi connectivity index (χ1) is 8.19. The van der Waals surface area contributed by atoms with E-state index in [1.165, 1.54) is 0 Å². The molecule has 0 bridgehead atoms. The minimum Gasteiger partial charge on any atom is -0.481 e. The molecule has 17 heavy (non-hydrogen) atoms. The van der Waals surface area contributed by atoms with E-state index in [-0.39, 0.29) is 5.91 Å². The van der Waals surface area contributed by atoms with Crippen molar-refractivity contribution in [1.82, 2.24) is 5.32 Å². The molecule has 1 aromatic carbocycles. The zero-order chi connectivity index (χ0) is 12.3. The maximum Gasteiger partial charge on any atom is 0.260 e. The number of amides is 1. The molecule has 0 spiro atoms. The fourth-order valence-electron chi connectivity index (χ4n) is 1.41. The number of hydrogen-bond acceptors (Lipinski definition) is 3. The lowest BCUT2D eigenvalue weighted by molar-refractivity contribution is -0.127. The van der Waals surface area contributed by atoms with Crippen LogP contribution in [-0.4, -0.2) is 18.1 Å². The molecule has 1 saturated carbocycles. The van der Waals surface area contributed by atoms with Gasteiger partial charge in [-0.2, -0.15) is 5.26 Å². The minimum atomic E-state index is -0.511. The molecule has 1 N–H and O–H groups in total. The quantitative estimate of drug-likeness (QED) is 0.854. The SMILES string of the molecule is C[C@@H](Oc1ccc(C#N)cc1)C(=O)NC1CC1. The number of benzene rings is 1. The van der Waals surface area contributed by atoms with E-state index in [9.17, 15) is 4.79 Å². The molecule has 1 aromatic rings. The van der Waals surface area contributed by atoms with Gasteiger partial charge in [0.25, 0.3) is 5.91 Å². The Morgan fingerprint density at radius 1 is 1.47 bits per heavy atom. The standard InChI is InChI=1S/C13H14N2O2/c1-9(13(16)15-11-4-5-11)17-12-6-2-10(8-14)3-7-12/h2-3,6-7,9,11H,4-5H2,1H3,(H,15,16)/t9-/m1/s1. The van der Waals surface area contributed by atoms with Crippen molar-refractivity contribution in [3.63, 3.8) is 0 Å². The van der Waals surface area contributed by atoms with Crippen LogP contribution in [0.15, 0.2) is 24.3 Å². The third-order valence-electron chi connectivity index (χ3n) is 2.59. The van der Waals surface area contributed by atoms with Gasteiger partial charge < -0.3 is 10.1 Å². The molecule has 0 saturated heterocycles. The molecule has 1 amide bonds. The molecule has 0 aliphatic heterocycles. The molecule has 4 heteroatoms. The molecule has 1 atom stereocenters. The van der Waals surface area contributed by atoms with E-state index >= 15 is 0 Å². The molecule has 1 aliphatic carbocycles. The Hall–Kier alpha value is -2.02. The van der Waals surface area contributed by atoms with Crippen molar-refractivity contribution in [2.24, 2.45) is 0 Å². The second-order valence-electron chi connectivity index (χ2n) is 4.18. The van der Waals surface area contributed by atoms with E-state index in [0.29, 0.717) is 17.4 Å². The van der Waals surface area contributed by atoms with Gasteiger partial charge >= 0.3 is 0 Å². The maximum atomic E-state index is 11.6. The fraction of sp³-hybridized carbons (Fsp3) is 0.385. The highest BCUT2D eigenvalue weighted by Gasteiger charge is 2.26. The van der Waals surface area contributed by atoms with E-state index in [4.69, 9.17) is 10.00 Å². The summed E-state index contributed by atoms with van der Waals surface area (Å²) >= 11 is 0. The van der Waals surface area contributed by atoms with Crippen LogP contribution in [0.1, 0.15) is 25.3 Å². The van der Waals surface area contributed by atoms with Crippen molar-refractivity contribution in [3.8, 4) is 11.8 Å². The van der Waals surface area contributed by atoms with Crippen molar-refractivity contribution < 1.29 is 9.53 Å². The topological polar surface area (TPSA) is 62.1 Å². The van der Waals surface area contributed by atoms with Gasteiger partial charge in [0.15, 0.2) is 6.10 Å². The molecule has 0 radical (unpaired) electrons. The number of nitriles is 1. The zero-order valence-corrected chi connectivity index (χ0v) is 9.64. The van der Waals surface area contributed by atoms with E-state index < -0.39 is 6.10 Å². The number of rotatable bonds is 4. The van der Waals surface area contributed by atoms with Gasteiger partial charge in [-0.15, -0.1) is 0 Å². The third-order valence-corrected chi connectivity index (χ3v) is 2.59. The second kappa shape index (κ2) is 4.88. The summed E-state index contributed by atoms with van der Waals surface area (Å²) in [6, 6.07) is 9.09. The Kier molecular flexibility index (Phi) is 3.29. The maximum absolute atomic E-state index is 11.6. The zero-order valence-electron chi connectivity index (χ0n) is 9.64. The highest BCUT2D eigenvalue weighted by atomic mass is 16.5. The first-order valence-corrected chi connectivity index (χ1v) is 5.66. The van der Waals surface area contributed by atoms with Gasteiger partial charge in [0.2, 0.25) is 0 Å². The molecule has 88 valence electrons. The monoisotopic (exact) mass is 230 g/mol. The van der Waals surface area contributed by atoms with Gasteiger partial charge in [-0.1, -0.05) is 0 Å². The normalized spacial score (nSPS) is 15.8. The van der Waals surface area contributed by atoms with Crippen LogP contribution in [-0.2, 0) is 4.79 Å².